The fraction of sp³-hybridized carbons (Fsp3) is 0.353. The summed E-state index contributed by atoms with van der Waals surface area (Å²) in [6.45, 7) is 6.87. The lowest BCUT2D eigenvalue weighted by atomic mass is 10.2. The van der Waals surface area contributed by atoms with Crippen molar-refractivity contribution < 1.29 is 4.52 Å². The zero-order chi connectivity index (χ0) is 16.2. The highest BCUT2D eigenvalue weighted by atomic mass is 16.5. The molecule has 23 heavy (non-hydrogen) atoms. The molecule has 0 aliphatic rings. The largest absolute Gasteiger partial charge is 0.331 e. The first-order valence-corrected chi connectivity index (χ1v) is 7.78. The van der Waals surface area contributed by atoms with E-state index in [1.165, 1.54) is 5.56 Å². The average Bonchev–Trinajstić information content (AvgIpc) is 3.18. The van der Waals surface area contributed by atoms with Crippen molar-refractivity contribution in [3.8, 4) is 0 Å². The van der Waals surface area contributed by atoms with E-state index in [4.69, 9.17) is 4.52 Å². The first kappa shape index (κ1) is 15.3. The second-order valence-electron chi connectivity index (χ2n) is 5.94. The summed E-state index contributed by atoms with van der Waals surface area (Å²) >= 11 is 0. The second kappa shape index (κ2) is 6.64. The first-order chi connectivity index (χ1) is 11.1. The van der Waals surface area contributed by atoms with Crippen LogP contribution < -0.4 is 5.32 Å². The Morgan fingerprint density at radius 3 is 2.65 bits per heavy atom. The van der Waals surface area contributed by atoms with Crippen molar-refractivity contribution in [3.63, 3.8) is 0 Å². The zero-order valence-corrected chi connectivity index (χ0v) is 13.6. The lowest BCUT2D eigenvalue weighted by Gasteiger charge is -2.08. The molecule has 0 saturated heterocycles. The Hall–Kier alpha value is -2.63. The van der Waals surface area contributed by atoms with Gasteiger partial charge in [-0.2, -0.15) is 10.1 Å². The van der Waals surface area contributed by atoms with Gasteiger partial charge in [0.05, 0.1) is 18.8 Å². The Kier molecular flexibility index (Phi) is 4.41. The van der Waals surface area contributed by atoms with Crippen LogP contribution in [-0.4, -0.2) is 19.9 Å². The van der Waals surface area contributed by atoms with E-state index >= 15 is 0 Å². The van der Waals surface area contributed by atoms with Crippen molar-refractivity contribution in [2.24, 2.45) is 0 Å². The molecule has 0 aliphatic carbocycles. The summed E-state index contributed by atoms with van der Waals surface area (Å²) < 4.78 is 7.15. The molecule has 2 aromatic heterocycles. The van der Waals surface area contributed by atoms with Crippen molar-refractivity contribution in [1.29, 1.82) is 0 Å². The van der Waals surface area contributed by atoms with E-state index in [2.05, 4.69) is 32.7 Å². The van der Waals surface area contributed by atoms with Gasteiger partial charge in [0.15, 0.2) is 5.82 Å². The minimum Gasteiger partial charge on any atom is -0.331 e. The molecule has 0 amide bonds. The van der Waals surface area contributed by atoms with Crippen molar-refractivity contribution in [2.45, 2.75) is 39.3 Å². The fourth-order valence-corrected chi connectivity index (χ4v) is 2.26. The zero-order valence-electron chi connectivity index (χ0n) is 13.6. The molecule has 1 N–H and O–H groups in total. The van der Waals surface area contributed by atoms with E-state index in [1.807, 2.05) is 56.0 Å². The molecule has 3 aromatic rings. The maximum atomic E-state index is 5.22. The van der Waals surface area contributed by atoms with Crippen molar-refractivity contribution in [2.75, 3.05) is 5.32 Å². The molecule has 2 heterocycles. The van der Waals surface area contributed by atoms with Crippen LogP contribution in [0.1, 0.15) is 49.7 Å². The van der Waals surface area contributed by atoms with E-state index in [0.29, 0.717) is 11.8 Å². The van der Waals surface area contributed by atoms with Crippen LogP contribution in [0.4, 0.5) is 6.01 Å². The molecule has 0 aliphatic heterocycles. The number of anilines is 1. The van der Waals surface area contributed by atoms with Crippen LogP contribution in [0.15, 0.2) is 47.2 Å². The smallest absolute Gasteiger partial charge is 0.321 e. The van der Waals surface area contributed by atoms with Gasteiger partial charge in [0.1, 0.15) is 0 Å². The number of benzene rings is 1. The monoisotopic (exact) mass is 311 g/mol. The third-order valence-corrected chi connectivity index (χ3v) is 3.64. The molecule has 1 aromatic carbocycles. The van der Waals surface area contributed by atoms with Crippen molar-refractivity contribution in [1.82, 2.24) is 19.9 Å². The van der Waals surface area contributed by atoms with Gasteiger partial charge in [-0.15, -0.1) is 0 Å². The van der Waals surface area contributed by atoms with Crippen LogP contribution in [0, 0.1) is 0 Å². The lowest BCUT2D eigenvalue weighted by molar-refractivity contribution is 0.416. The molecule has 3 rings (SSSR count). The third-order valence-electron chi connectivity index (χ3n) is 3.64. The number of nitrogens with one attached hydrogen (secondary N) is 1. The minimum absolute atomic E-state index is 0.0417. The van der Waals surface area contributed by atoms with E-state index in [9.17, 15) is 0 Å². The van der Waals surface area contributed by atoms with Gasteiger partial charge in [0, 0.05) is 17.7 Å². The molecule has 0 saturated carbocycles. The number of rotatable bonds is 6. The predicted molar refractivity (Wildman–Crippen MR) is 88.2 cm³/mol. The van der Waals surface area contributed by atoms with Crippen LogP contribution in [0.5, 0.6) is 0 Å². The SMILES string of the molecule is CC(C)c1noc(NC(C)c2cnn(Cc3ccccc3)c2)n1. The molecule has 0 spiro atoms. The van der Waals surface area contributed by atoms with Gasteiger partial charge >= 0.3 is 6.01 Å². The average molecular weight is 311 g/mol. The van der Waals surface area contributed by atoms with Crippen LogP contribution in [0.3, 0.4) is 0 Å². The Morgan fingerprint density at radius 2 is 1.96 bits per heavy atom. The van der Waals surface area contributed by atoms with Gasteiger partial charge < -0.3 is 9.84 Å². The van der Waals surface area contributed by atoms with Crippen molar-refractivity contribution >= 4 is 6.01 Å². The molecular formula is C17H21N5O. The summed E-state index contributed by atoms with van der Waals surface area (Å²) in [7, 11) is 0. The summed E-state index contributed by atoms with van der Waals surface area (Å²) in [5.74, 6) is 0.956. The summed E-state index contributed by atoms with van der Waals surface area (Å²) in [4.78, 5) is 4.33. The van der Waals surface area contributed by atoms with Gasteiger partial charge in [-0.3, -0.25) is 4.68 Å². The highest BCUT2D eigenvalue weighted by Gasteiger charge is 2.14. The molecule has 6 nitrogen and oxygen atoms in total. The molecule has 1 unspecified atom stereocenters. The van der Waals surface area contributed by atoms with Crippen LogP contribution in [0.25, 0.3) is 0 Å². The van der Waals surface area contributed by atoms with Crippen molar-refractivity contribution in [3.05, 3.63) is 59.7 Å². The topological polar surface area (TPSA) is 68.8 Å². The maximum Gasteiger partial charge on any atom is 0.321 e. The standard InChI is InChI=1S/C17H21N5O/c1-12(2)16-20-17(23-21-16)19-13(3)15-9-18-22(11-15)10-14-7-5-4-6-8-14/h4-9,11-13H,10H2,1-3H3,(H,19,20,21). The number of hydrogen-bond donors (Lipinski definition) is 1. The molecular weight excluding hydrogens is 290 g/mol. The van der Waals surface area contributed by atoms with Crippen LogP contribution in [-0.2, 0) is 6.54 Å². The van der Waals surface area contributed by atoms with Gasteiger partial charge in [0.2, 0.25) is 0 Å². The number of hydrogen-bond acceptors (Lipinski definition) is 5. The molecule has 6 heteroatoms. The summed E-state index contributed by atoms with van der Waals surface area (Å²) in [6, 6.07) is 10.7. The Labute approximate surface area is 135 Å². The lowest BCUT2D eigenvalue weighted by Crippen LogP contribution is -2.06. The van der Waals surface area contributed by atoms with Gasteiger partial charge in [-0.25, -0.2) is 0 Å². The summed E-state index contributed by atoms with van der Waals surface area (Å²) in [6.07, 6.45) is 3.89. The van der Waals surface area contributed by atoms with E-state index in [-0.39, 0.29) is 12.0 Å². The Morgan fingerprint density at radius 1 is 1.17 bits per heavy atom. The maximum absolute atomic E-state index is 5.22. The third kappa shape index (κ3) is 3.77. The Bertz CT molecular complexity index is 747. The fourth-order valence-electron chi connectivity index (χ4n) is 2.26. The first-order valence-electron chi connectivity index (χ1n) is 7.78. The van der Waals surface area contributed by atoms with Gasteiger partial charge in [-0.1, -0.05) is 49.3 Å². The van der Waals surface area contributed by atoms with E-state index in [0.717, 1.165) is 12.1 Å². The highest BCUT2D eigenvalue weighted by molar-refractivity contribution is 5.26. The molecule has 0 bridgehead atoms. The predicted octanol–water partition coefficient (Wildman–Crippen LogP) is 3.61. The van der Waals surface area contributed by atoms with Gasteiger partial charge in [0.25, 0.3) is 0 Å². The summed E-state index contributed by atoms with van der Waals surface area (Å²) in [5, 5.41) is 11.6. The molecule has 0 radical (unpaired) electrons. The molecule has 120 valence electrons. The van der Waals surface area contributed by atoms with Crippen LogP contribution in [0.2, 0.25) is 0 Å². The van der Waals surface area contributed by atoms with Crippen LogP contribution >= 0.6 is 0 Å². The number of aromatic nitrogens is 4. The minimum atomic E-state index is 0.0417. The molecule has 1 atom stereocenters. The number of nitrogens with zero attached hydrogens (tertiary/aromatic N) is 4. The Balaban J connectivity index is 1.64. The molecule has 0 fully saturated rings. The second-order valence-corrected chi connectivity index (χ2v) is 5.94. The quantitative estimate of drug-likeness (QED) is 0.753. The van der Waals surface area contributed by atoms with Gasteiger partial charge in [-0.05, 0) is 12.5 Å². The van der Waals surface area contributed by atoms with E-state index < -0.39 is 0 Å². The highest BCUT2D eigenvalue weighted by Crippen LogP contribution is 2.19. The summed E-state index contributed by atoms with van der Waals surface area (Å²) in [5.41, 5.74) is 2.30. The normalized spacial score (nSPS) is 12.5. The van der Waals surface area contributed by atoms with E-state index in [1.54, 1.807) is 0 Å².